The number of fused-ring (bicyclic) bond motifs is 3. The Balaban J connectivity index is 0.000000409. The Hall–Kier alpha value is -0.890. The second-order valence-corrected chi connectivity index (χ2v) is 8.91. The Bertz CT molecular complexity index is 748. The molecule has 1 aliphatic rings. The minimum Gasteiger partial charge on any atom is -0.273 e. The van der Waals surface area contributed by atoms with Gasteiger partial charge in [-0.2, -0.15) is 6.08 Å². The van der Waals surface area contributed by atoms with E-state index in [0.29, 0.717) is 0 Å². The van der Waals surface area contributed by atoms with Gasteiger partial charge in [-0.25, -0.2) is 12.2 Å². The fourth-order valence-electron chi connectivity index (χ4n) is 2.24. The van der Waals surface area contributed by atoms with E-state index in [4.69, 9.17) is 0 Å². The van der Waals surface area contributed by atoms with Gasteiger partial charge in [0.25, 0.3) is 0 Å². The average Bonchev–Trinajstić information content (AvgIpc) is 3.18. The van der Waals surface area contributed by atoms with Crippen LogP contribution in [0.2, 0.25) is 0 Å². The van der Waals surface area contributed by atoms with Crippen molar-refractivity contribution < 1.29 is 23.9 Å². The number of hydrogen-bond donors (Lipinski definition) is 0. The van der Waals surface area contributed by atoms with Gasteiger partial charge in [-0.05, 0) is 0 Å². The van der Waals surface area contributed by atoms with Crippen LogP contribution in [0.3, 0.4) is 0 Å². The predicted molar refractivity (Wildman–Crippen MR) is 109 cm³/mol. The Morgan fingerprint density at radius 3 is 1.71 bits per heavy atom. The van der Waals surface area contributed by atoms with E-state index in [1.807, 2.05) is 12.2 Å². The standard InChI is InChI=1S/C13H9.C5H5.C3H6.2ClH.Hf/c1-3-7-12-10(5-1)9-11-6-2-4-8-13(11)12;1-2-4-5-3-1;1-3-2;;;/h1-9H;1-3H,4H2;1-2H3;2*1H;/q2*-1;;;;+2. The van der Waals surface area contributed by atoms with Crippen molar-refractivity contribution in [1.82, 2.24) is 0 Å². The Morgan fingerprint density at radius 1 is 0.917 bits per heavy atom. The number of hydrogen-bond acceptors (Lipinski definition) is 0. The van der Waals surface area contributed by atoms with Crippen molar-refractivity contribution in [3.63, 3.8) is 0 Å². The zero-order valence-electron chi connectivity index (χ0n) is 14.0. The van der Waals surface area contributed by atoms with Crippen LogP contribution >= 0.6 is 24.8 Å². The zero-order valence-corrected chi connectivity index (χ0v) is 19.2. The quantitative estimate of drug-likeness (QED) is 0.230. The van der Waals surface area contributed by atoms with Crippen molar-refractivity contribution >= 4 is 49.6 Å². The van der Waals surface area contributed by atoms with Gasteiger partial charge in [0.15, 0.2) is 0 Å². The summed E-state index contributed by atoms with van der Waals surface area (Å²) in [6.07, 6.45) is 10.0. The summed E-state index contributed by atoms with van der Waals surface area (Å²) in [5.41, 5.74) is 0. The number of benzene rings is 2. The molecule has 124 valence electrons. The normalized spacial score (nSPS) is 10.8. The summed E-state index contributed by atoms with van der Waals surface area (Å²) in [5.74, 6) is 0. The van der Waals surface area contributed by atoms with Gasteiger partial charge in [-0.1, -0.05) is 36.4 Å². The van der Waals surface area contributed by atoms with Crippen LogP contribution in [-0.2, 0) is 23.9 Å². The van der Waals surface area contributed by atoms with Crippen LogP contribution in [0.15, 0.2) is 72.8 Å². The maximum Gasteiger partial charge on any atom is -0.0771 e. The first-order valence-corrected chi connectivity index (χ1v) is 9.25. The SMILES string of the molecule is C[C](C)=[Hf+2].Cl.Cl.[C-]1=CC=CC1.c1ccc2c(c1)[cH-]c1ccccc12. The first-order valence-electron chi connectivity index (χ1n) is 7.45. The van der Waals surface area contributed by atoms with E-state index >= 15 is 0 Å². The second-order valence-electron chi connectivity index (χ2n) is 5.32. The third-order valence-corrected chi connectivity index (χ3v) is 3.11. The van der Waals surface area contributed by atoms with Gasteiger partial charge in [0.05, 0.1) is 0 Å². The van der Waals surface area contributed by atoms with Gasteiger partial charge in [0, 0.05) is 0 Å². The number of halogens is 2. The molecule has 24 heavy (non-hydrogen) atoms. The molecule has 0 aliphatic heterocycles. The van der Waals surface area contributed by atoms with Gasteiger partial charge >= 0.3 is 41.0 Å². The van der Waals surface area contributed by atoms with E-state index in [9.17, 15) is 0 Å². The third kappa shape index (κ3) is 7.34. The van der Waals surface area contributed by atoms with Gasteiger partial charge < -0.3 is 0 Å². The van der Waals surface area contributed by atoms with Crippen molar-refractivity contribution in [2.75, 3.05) is 0 Å². The largest absolute Gasteiger partial charge is 0.273 e. The molecule has 0 saturated heterocycles. The molecule has 3 heteroatoms. The van der Waals surface area contributed by atoms with Crippen molar-refractivity contribution in [2.45, 2.75) is 20.3 Å². The predicted octanol–water partition coefficient (Wildman–Crippen LogP) is 6.61. The molecule has 0 atom stereocenters. The monoisotopic (exact) mass is 524 g/mol. The van der Waals surface area contributed by atoms with Crippen LogP contribution in [-0.4, -0.2) is 3.26 Å². The average molecular weight is 524 g/mol. The van der Waals surface area contributed by atoms with Gasteiger partial charge in [0.2, 0.25) is 0 Å². The first-order chi connectivity index (χ1) is 10.7. The van der Waals surface area contributed by atoms with Crippen LogP contribution in [0.5, 0.6) is 0 Å². The fourth-order valence-corrected chi connectivity index (χ4v) is 2.24. The Morgan fingerprint density at radius 2 is 1.38 bits per heavy atom. The molecule has 1 aliphatic carbocycles. The molecule has 3 aromatic carbocycles. The first kappa shape index (κ1) is 23.1. The van der Waals surface area contributed by atoms with Crippen LogP contribution in [0.4, 0.5) is 0 Å². The minimum atomic E-state index is 0. The van der Waals surface area contributed by atoms with Crippen LogP contribution in [0, 0.1) is 6.08 Å². The molecule has 4 rings (SSSR count). The van der Waals surface area contributed by atoms with Gasteiger partial charge in [0.1, 0.15) is 0 Å². The van der Waals surface area contributed by atoms with Crippen molar-refractivity contribution in [2.24, 2.45) is 0 Å². The second kappa shape index (κ2) is 12.5. The molecule has 0 aromatic heterocycles. The Kier molecular flexibility index (Phi) is 12.0. The minimum absolute atomic E-state index is 0. The molecular formula is C21H22Cl2Hf. The summed E-state index contributed by atoms with van der Waals surface area (Å²) in [4.78, 5) is 0. The molecule has 0 saturated carbocycles. The molecule has 0 unspecified atom stereocenters. The summed E-state index contributed by atoms with van der Waals surface area (Å²) in [6.45, 7) is 4.29. The van der Waals surface area contributed by atoms with Crippen LogP contribution in [0.25, 0.3) is 21.5 Å². The molecule has 0 fully saturated rings. The van der Waals surface area contributed by atoms with Gasteiger partial charge in [-0.3, -0.25) is 6.08 Å². The molecule has 0 heterocycles. The molecule has 0 radical (unpaired) electrons. The number of allylic oxidation sites excluding steroid dienone is 4. The van der Waals surface area contributed by atoms with Crippen molar-refractivity contribution in [3.05, 3.63) is 78.9 Å². The molecular weight excluding hydrogens is 502 g/mol. The molecule has 0 amide bonds. The molecule has 0 spiro atoms. The van der Waals surface area contributed by atoms with E-state index in [-0.39, 0.29) is 24.8 Å². The summed E-state index contributed by atoms with van der Waals surface area (Å²) in [7, 11) is 0. The van der Waals surface area contributed by atoms with Crippen LogP contribution in [0.1, 0.15) is 20.3 Å². The summed E-state index contributed by atoms with van der Waals surface area (Å²) in [6, 6.07) is 19.3. The summed E-state index contributed by atoms with van der Waals surface area (Å²) < 4.78 is 1.56. The summed E-state index contributed by atoms with van der Waals surface area (Å²) in [5, 5.41) is 5.39. The van der Waals surface area contributed by atoms with E-state index in [0.717, 1.165) is 6.42 Å². The maximum atomic E-state index is 2.99. The van der Waals surface area contributed by atoms with E-state index in [1.165, 1.54) is 45.4 Å². The maximum absolute atomic E-state index is 2.99. The smallest absolute Gasteiger partial charge is 0.0771 e. The molecule has 0 nitrogen and oxygen atoms in total. The van der Waals surface area contributed by atoms with Crippen molar-refractivity contribution in [3.8, 4) is 0 Å². The number of rotatable bonds is 0. The zero-order chi connectivity index (χ0) is 15.8. The summed E-state index contributed by atoms with van der Waals surface area (Å²) >= 11 is 1.27. The molecule has 0 N–H and O–H groups in total. The van der Waals surface area contributed by atoms with E-state index in [2.05, 4.69) is 80.6 Å². The van der Waals surface area contributed by atoms with Crippen molar-refractivity contribution in [1.29, 1.82) is 0 Å². The van der Waals surface area contributed by atoms with E-state index < -0.39 is 0 Å². The van der Waals surface area contributed by atoms with Crippen LogP contribution < -0.4 is 0 Å². The third-order valence-electron chi connectivity index (χ3n) is 3.11. The van der Waals surface area contributed by atoms with Gasteiger partial charge in [-0.15, -0.1) is 71.0 Å². The topological polar surface area (TPSA) is 0 Å². The Labute approximate surface area is 171 Å². The fraction of sp³-hybridized carbons (Fsp3) is 0.143. The van der Waals surface area contributed by atoms with E-state index in [1.54, 1.807) is 3.26 Å². The molecule has 0 bridgehead atoms. The molecule has 3 aromatic rings.